The van der Waals surface area contributed by atoms with E-state index in [9.17, 15) is 0 Å². The molecule has 19 heavy (non-hydrogen) atoms. The molecule has 0 aliphatic rings. The van der Waals surface area contributed by atoms with Crippen LogP contribution < -0.4 is 10.1 Å². The molecule has 0 aliphatic heterocycles. The van der Waals surface area contributed by atoms with Gasteiger partial charge in [-0.05, 0) is 44.0 Å². The highest BCUT2D eigenvalue weighted by Gasteiger charge is 2.04. The van der Waals surface area contributed by atoms with Crippen molar-refractivity contribution in [3.63, 3.8) is 0 Å². The summed E-state index contributed by atoms with van der Waals surface area (Å²) in [5.41, 5.74) is 1.20. The molecule has 108 valence electrons. The molecule has 0 aliphatic carbocycles. The molecule has 0 spiro atoms. The summed E-state index contributed by atoms with van der Waals surface area (Å²) in [5.74, 6) is 0.976. The number of nitrogens with one attached hydrogen (secondary N) is 1. The minimum absolute atomic E-state index is 0.742. The number of methoxy groups -OCH3 is 1. The Labute approximate surface area is 124 Å². The molecule has 0 bridgehead atoms. The van der Waals surface area contributed by atoms with E-state index in [1.54, 1.807) is 7.11 Å². The van der Waals surface area contributed by atoms with Gasteiger partial charge in [0.1, 0.15) is 5.75 Å². The fraction of sp³-hybridized carbons (Fsp3) is 0.600. The van der Waals surface area contributed by atoms with Crippen LogP contribution in [0.2, 0.25) is 0 Å². The van der Waals surface area contributed by atoms with Crippen molar-refractivity contribution in [1.29, 1.82) is 0 Å². The van der Waals surface area contributed by atoms with Crippen LogP contribution in [-0.4, -0.2) is 26.9 Å². The summed E-state index contributed by atoms with van der Waals surface area (Å²) < 4.78 is 12.0. The quantitative estimate of drug-likeness (QED) is 0.663. The Hall–Kier alpha value is -0.580. The average molecular weight is 330 g/mol. The van der Waals surface area contributed by atoms with Crippen molar-refractivity contribution in [2.45, 2.75) is 32.7 Å². The van der Waals surface area contributed by atoms with Crippen molar-refractivity contribution >= 4 is 15.9 Å². The molecule has 0 radical (unpaired) electrons. The smallest absolute Gasteiger partial charge is 0.123 e. The summed E-state index contributed by atoms with van der Waals surface area (Å²) in [6.07, 6.45) is 3.20. The standard InChI is InChI=1S/C15H24BrNO2/c1-3-8-17-12-13-11-14(16)6-7-15(13)19-10-5-4-9-18-2/h6-7,11,17H,3-5,8-10,12H2,1-2H3. The van der Waals surface area contributed by atoms with Crippen molar-refractivity contribution in [3.05, 3.63) is 28.2 Å². The molecule has 1 aromatic carbocycles. The maximum atomic E-state index is 5.85. The molecule has 1 aromatic rings. The zero-order valence-electron chi connectivity index (χ0n) is 11.9. The normalized spacial score (nSPS) is 10.7. The van der Waals surface area contributed by atoms with Crippen LogP contribution in [0.3, 0.4) is 0 Å². The maximum absolute atomic E-state index is 5.85. The molecular weight excluding hydrogens is 306 g/mol. The van der Waals surface area contributed by atoms with Crippen molar-refractivity contribution < 1.29 is 9.47 Å². The highest BCUT2D eigenvalue weighted by molar-refractivity contribution is 9.10. The van der Waals surface area contributed by atoms with Crippen molar-refractivity contribution in [2.75, 3.05) is 26.9 Å². The Morgan fingerprint density at radius 1 is 1.21 bits per heavy atom. The monoisotopic (exact) mass is 329 g/mol. The number of rotatable bonds is 10. The van der Waals surface area contributed by atoms with Crippen molar-refractivity contribution in [2.24, 2.45) is 0 Å². The second-order valence-electron chi connectivity index (χ2n) is 4.48. The van der Waals surface area contributed by atoms with E-state index in [-0.39, 0.29) is 0 Å². The van der Waals surface area contributed by atoms with Gasteiger partial charge in [-0.25, -0.2) is 0 Å². The van der Waals surface area contributed by atoms with E-state index in [4.69, 9.17) is 9.47 Å². The lowest BCUT2D eigenvalue weighted by Gasteiger charge is -2.12. The van der Waals surface area contributed by atoms with E-state index in [0.717, 1.165) is 55.8 Å². The molecule has 0 atom stereocenters. The summed E-state index contributed by atoms with van der Waals surface area (Å²) in [6, 6.07) is 6.17. The van der Waals surface area contributed by atoms with Gasteiger partial charge in [0.15, 0.2) is 0 Å². The Kier molecular flexibility index (Phi) is 8.88. The summed E-state index contributed by atoms with van der Waals surface area (Å²) in [4.78, 5) is 0. The number of unbranched alkanes of at least 4 members (excludes halogenated alkanes) is 1. The van der Waals surface area contributed by atoms with E-state index in [1.165, 1.54) is 5.56 Å². The fourth-order valence-electron chi connectivity index (χ4n) is 1.76. The summed E-state index contributed by atoms with van der Waals surface area (Å²) >= 11 is 3.51. The average Bonchev–Trinajstić information content (AvgIpc) is 2.41. The highest BCUT2D eigenvalue weighted by Crippen LogP contribution is 2.23. The summed E-state index contributed by atoms with van der Waals surface area (Å²) in [7, 11) is 1.73. The van der Waals surface area contributed by atoms with E-state index in [1.807, 2.05) is 12.1 Å². The van der Waals surface area contributed by atoms with Crippen LogP contribution in [0.5, 0.6) is 5.75 Å². The third-order valence-corrected chi connectivity index (χ3v) is 3.26. The number of ether oxygens (including phenoxy) is 2. The van der Waals surface area contributed by atoms with Crippen LogP contribution in [0.4, 0.5) is 0 Å². The Morgan fingerprint density at radius 2 is 2.00 bits per heavy atom. The van der Waals surface area contributed by atoms with Crippen LogP contribution in [0.15, 0.2) is 22.7 Å². The van der Waals surface area contributed by atoms with Crippen LogP contribution in [0.25, 0.3) is 0 Å². The number of benzene rings is 1. The SMILES string of the molecule is CCCNCc1cc(Br)ccc1OCCCCOC. The summed E-state index contributed by atoms with van der Waals surface area (Å²) in [6.45, 7) is 5.59. The third kappa shape index (κ3) is 6.95. The molecule has 1 N–H and O–H groups in total. The molecule has 0 unspecified atom stereocenters. The van der Waals surface area contributed by atoms with Gasteiger partial charge in [0.05, 0.1) is 6.61 Å². The van der Waals surface area contributed by atoms with Gasteiger partial charge >= 0.3 is 0 Å². The summed E-state index contributed by atoms with van der Waals surface area (Å²) in [5, 5.41) is 3.41. The third-order valence-electron chi connectivity index (χ3n) is 2.77. The van der Waals surface area contributed by atoms with E-state index < -0.39 is 0 Å². The van der Waals surface area contributed by atoms with Gasteiger partial charge in [-0.15, -0.1) is 0 Å². The zero-order chi connectivity index (χ0) is 13.9. The second kappa shape index (κ2) is 10.2. The van der Waals surface area contributed by atoms with Crippen LogP contribution in [-0.2, 0) is 11.3 Å². The van der Waals surface area contributed by atoms with Gasteiger partial charge in [0.25, 0.3) is 0 Å². The lowest BCUT2D eigenvalue weighted by atomic mass is 10.2. The lowest BCUT2D eigenvalue weighted by molar-refractivity contribution is 0.184. The van der Waals surface area contributed by atoms with Gasteiger partial charge < -0.3 is 14.8 Å². The van der Waals surface area contributed by atoms with Crippen LogP contribution in [0, 0.1) is 0 Å². The van der Waals surface area contributed by atoms with Gasteiger partial charge in [0, 0.05) is 30.3 Å². The first-order valence-corrected chi connectivity index (χ1v) is 7.68. The van der Waals surface area contributed by atoms with Crippen molar-refractivity contribution in [1.82, 2.24) is 5.32 Å². The van der Waals surface area contributed by atoms with Crippen LogP contribution >= 0.6 is 15.9 Å². The van der Waals surface area contributed by atoms with Gasteiger partial charge in [-0.1, -0.05) is 22.9 Å². The van der Waals surface area contributed by atoms with Gasteiger partial charge in [-0.3, -0.25) is 0 Å². The predicted octanol–water partition coefficient (Wildman–Crippen LogP) is 3.75. The zero-order valence-corrected chi connectivity index (χ0v) is 13.5. The first kappa shape index (κ1) is 16.5. The Bertz CT molecular complexity index is 358. The minimum Gasteiger partial charge on any atom is -0.493 e. The van der Waals surface area contributed by atoms with Gasteiger partial charge in [-0.2, -0.15) is 0 Å². The fourth-order valence-corrected chi connectivity index (χ4v) is 2.17. The molecule has 1 rings (SSSR count). The Balaban J connectivity index is 2.45. The Morgan fingerprint density at radius 3 is 2.74 bits per heavy atom. The maximum Gasteiger partial charge on any atom is 0.123 e. The minimum atomic E-state index is 0.742. The number of hydrogen-bond donors (Lipinski definition) is 1. The predicted molar refractivity (Wildman–Crippen MR) is 82.7 cm³/mol. The largest absolute Gasteiger partial charge is 0.493 e. The molecular formula is C15H24BrNO2. The first-order valence-electron chi connectivity index (χ1n) is 6.88. The first-order chi connectivity index (χ1) is 9.27. The molecule has 0 amide bonds. The molecule has 0 heterocycles. The molecule has 0 aromatic heterocycles. The molecule has 0 saturated heterocycles. The molecule has 3 nitrogen and oxygen atoms in total. The van der Waals surface area contributed by atoms with Crippen molar-refractivity contribution in [3.8, 4) is 5.75 Å². The van der Waals surface area contributed by atoms with Crippen LogP contribution in [0.1, 0.15) is 31.7 Å². The van der Waals surface area contributed by atoms with E-state index in [2.05, 4.69) is 34.2 Å². The topological polar surface area (TPSA) is 30.5 Å². The van der Waals surface area contributed by atoms with E-state index >= 15 is 0 Å². The highest BCUT2D eigenvalue weighted by atomic mass is 79.9. The van der Waals surface area contributed by atoms with E-state index in [0.29, 0.717) is 0 Å². The van der Waals surface area contributed by atoms with Gasteiger partial charge in [0.2, 0.25) is 0 Å². The molecule has 4 heteroatoms. The lowest BCUT2D eigenvalue weighted by Crippen LogP contribution is -2.15. The number of hydrogen-bond acceptors (Lipinski definition) is 3. The molecule has 0 saturated carbocycles. The molecule has 0 fully saturated rings. The number of halogens is 1. The second-order valence-corrected chi connectivity index (χ2v) is 5.39.